The van der Waals surface area contributed by atoms with Gasteiger partial charge in [-0.05, 0) is 19.1 Å². The van der Waals surface area contributed by atoms with Crippen molar-refractivity contribution in [1.82, 2.24) is 29.5 Å². The highest BCUT2D eigenvalue weighted by Gasteiger charge is 2.31. The maximum atomic E-state index is 12.4. The summed E-state index contributed by atoms with van der Waals surface area (Å²) in [5.41, 5.74) is 2.01. The largest absolute Gasteiger partial charge is 0.573 e. The summed E-state index contributed by atoms with van der Waals surface area (Å²) in [6.45, 7) is 1.79. The van der Waals surface area contributed by atoms with E-state index >= 15 is 0 Å². The van der Waals surface area contributed by atoms with Gasteiger partial charge in [0.05, 0.1) is 17.2 Å². The van der Waals surface area contributed by atoms with Crippen LogP contribution in [0.25, 0.3) is 28.1 Å². The van der Waals surface area contributed by atoms with Crippen LogP contribution in [-0.2, 0) is 0 Å². The second-order valence-electron chi connectivity index (χ2n) is 5.04. The lowest BCUT2D eigenvalue weighted by atomic mass is 10.3. The molecule has 4 aromatic rings. The summed E-state index contributed by atoms with van der Waals surface area (Å²) in [5, 5.41) is 0. The molecule has 1 aromatic carbocycles. The van der Waals surface area contributed by atoms with Crippen molar-refractivity contribution in [2.24, 2.45) is 0 Å². The van der Waals surface area contributed by atoms with Crippen LogP contribution in [0.4, 0.5) is 13.2 Å². The van der Waals surface area contributed by atoms with E-state index in [1.54, 1.807) is 13.1 Å². The Morgan fingerprint density at radius 2 is 2.00 bits per heavy atom. The van der Waals surface area contributed by atoms with Crippen molar-refractivity contribution in [2.45, 2.75) is 13.3 Å². The van der Waals surface area contributed by atoms with Gasteiger partial charge in [-0.15, -0.1) is 13.2 Å². The van der Waals surface area contributed by atoms with Crippen LogP contribution in [-0.4, -0.2) is 35.8 Å². The molecule has 7 nitrogen and oxygen atoms in total. The van der Waals surface area contributed by atoms with Crippen LogP contribution in [0.1, 0.15) is 5.82 Å². The summed E-state index contributed by atoms with van der Waals surface area (Å²) in [4.78, 5) is 19.8. The minimum Gasteiger partial charge on any atom is -0.406 e. The van der Waals surface area contributed by atoms with E-state index < -0.39 is 6.36 Å². The van der Waals surface area contributed by atoms with Crippen molar-refractivity contribution in [3.8, 4) is 11.7 Å². The highest BCUT2D eigenvalue weighted by Crippen LogP contribution is 2.27. The molecule has 10 heteroatoms. The van der Waals surface area contributed by atoms with Crippen LogP contribution >= 0.6 is 0 Å². The molecule has 0 saturated heterocycles. The molecule has 122 valence electrons. The quantitative estimate of drug-likeness (QED) is 0.609. The van der Waals surface area contributed by atoms with Crippen molar-refractivity contribution in [1.29, 1.82) is 0 Å². The highest BCUT2D eigenvalue weighted by atomic mass is 19.4. The van der Waals surface area contributed by atoms with Crippen LogP contribution < -0.4 is 4.74 Å². The standard InChI is InChI=1S/C14H9F3N6O/c1-7-20-10-5-18-13(22-12(10)21-7)23-6-19-9-3-2-8(4-11(9)23)24-14(15,16)17/h2-6H,1H3,(H,18,20,21,22). The Hall–Kier alpha value is -3.17. The SMILES string of the molecule is Cc1nc2nc(-n3cnc4ccc(OC(F)(F)F)cc43)ncc2[nH]1. The summed E-state index contributed by atoms with van der Waals surface area (Å²) in [5.74, 6) is 0.599. The van der Waals surface area contributed by atoms with Crippen LogP contribution in [0.2, 0.25) is 0 Å². The van der Waals surface area contributed by atoms with E-state index in [0.717, 1.165) is 0 Å². The monoisotopic (exact) mass is 334 g/mol. The lowest BCUT2D eigenvalue weighted by molar-refractivity contribution is -0.274. The van der Waals surface area contributed by atoms with Gasteiger partial charge in [0, 0.05) is 6.07 Å². The molecule has 0 radical (unpaired) electrons. The number of nitrogens with zero attached hydrogens (tertiary/aromatic N) is 5. The molecule has 3 aromatic heterocycles. The zero-order valence-electron chi connectivity index (χ0n) is 12.2. The smallest absolute Gasteiger partial charge is 0.406 e. The van der Waals surface area contributed by atoms with Gasteiger partial charge in [-0.1, -0.05) is 0 Å². The van der Waals surface area contributed by atoms with Crippen LogP contribution in [0, 0.1) is 6.92 Å². The minimum atomic E-state index is -4.76. The van der Waals surface area contributed by atoms with Gasteiger partial charge in [0.15, 0.2) is 5.65 Å². The first-order valence-electron chi connectivity index (χ1n) is 6.82. The number of alkyl halides is 3. The minimum absolute atomic E-state index is 0.251. The number of halogens is 3. The zero-order chi connectivity index (χ0) is 16.9. The Morgan fingerprint density at radius 3 is 2.79 bits per heavy atom. The first kappa shape index (κ1) is 14.4. The van der Waals surface area contributed by atoms with Gasteiger partial charge in [-0.25, -0.2) is 15.0 Å². The van der Waals surface area contributed by atoms with Crippen molar-refractivity contribution in [3.05, 3.63) is 36.5 Å². The number of H-pyrrole nitrogens is 1. The van der Waals surface area contributed by atoms with Crippen LogP contribution in [0.5, 0.6) is 5.75 Å². The molecule has 0 bridgehead atoms. The fourth-order valence-electron chi connectivity index (χ4n) is 2.38. The molecule has 0 unspecified atom stereocenters. The summed E-state index contributed by atoms with van der Waals surface area (Å²) in [7, 11) is 0. The third kappa shape index (κ3) is 2.51. The number of hydrogen-bond donors (Lipinski definition) is 1. The molecule has 0 atom stereocenters. The summed E-state index contributed by atoms with van der Waals surface area (Å²) < 4.78 is 42.6. The van der Waals surface area contributed by atoms with Crippen LogP contribution in [0.15, 0.2) is 30.7 Å². The van der Waals surface area contributed by atoms with Crippen molar-refractivity contribution >= 4 is 22.2 Å². The Bertz CT molecular complexity index is 1050. The number of aromatic nitrogens is 6. The van der Waals surface area contributed by atoms with E-state index in [9.17, 15) is 13.2 Å². The number of nitrogens with one attached hydrogen (secondary N) is 1. The molecular formula is C14H9F3N6O. The Balaban J connectivity index is 1.83. The van der Waals surface area contributed by atoms with Crippen LogP contribution in [0.3, 0.4) is 0 Å². The molecule has 0 aliphatic heterocycles. The van der Waals surface area contributed by atoms with Gasteiger partial charge in [0.2, 0.25) is 5.95 Å². The highest BCUT2D eigenvalue weighted by molar-refractivity contribution is 5.79. The average molecular weight is 334 g/mol. The van der Waals surface area contributed by atoms with E-state index in [1.807, 2.05) is 0 Å². The normalized spacial score (nSPS) is 12.2. The van der Waals surface area contributed by atoms with E-state index in [-0.39, 0.29) is 11.7 Å². The number of hydrogen-bond acceptors (Lipinski definition) is 5. The molecule has 0 aliphatic carbocycles. The van der Waals surface area contributed by atoms with Gasteiger partial charge in [-0.3, -0.25) is 4.57 Å². The number of aryl methyl sites for hydroxylation is 1. The number of ether oxygens (including phenoxy) is 1. The van der Waals surface area contributed by atoms with Crippen molar-refractivity contribution in [2.75, 3.05) is 0 Å². The molecule has 0 saturated carbocycles. The fourth-order valence-corrected chi connectivity index (χ4v) is 2.38. The van der Waals surface area contributed by atoms with Gasteiger partial charge < -0.3 is 9.72 Å². The molecule has 3 heterocycles. The molecule has 0 amide bonds. The van der Waals surface area contributed by atoms with E-state index in [2.05, 4.69) is 29.7 Å². The molecule has 24 heavy (non-hydrogen) atoms. The Morgan fingerprint density at radius 1 is 1.17 bits per heavy atom. The number of rotatable bonds is 2. The second-order valence-corrected chi connectivity index (χ2v) is 5.04. The van der Waals surface area contributed by atoms with E-state index in [1.165, 1.54) is 29.1 Å². The summed E-state index contributed by atoms with van der Waals surface area (Å²) in [6.07, 6.45) is -1.78. The molecule has 0 spiro atoms. The lowest BCUT2D eigenvalue weighted by Crippen LogP contribution is -2.17. The molecule has 4 rings (SSSR count). The third-order valence-corrected chi connectivity index (χ3v) is 3.31. The first-order valence-corrected chi connectivity index (χ1v) is 6.82. The molecule has 0 fully saturated rings. The average Bonchev–Trinajstić information content (AvgIpc) is 3.06. The predicted molar refractivity (Wildman–Crippen MR) is 77.7 cm³/mol. The van der Waals surface area contributed by atoms with Gasteiger partial charge in [0.1, 0.15) is 23.4 Å². The molecule has 0 aliphatic rings. The zero-order valence-corrected chi connectivity index (χ0v) is 12.2. The van der Waals surface area contributed by atoms with E-state index in [4.69, 9.17) is 0 Å². The maximum absolute atomic E-state index is 12.4. The number of aromatic amines is 1. The lowest BCUT2D eigenvalue weighted by Gasteiger charge is -2.09. The molecule has 1 N–H and O–H groups in total. The molecular weight excluding hydrogens is 325 g/mol. The predicted octanol–water partition coefficient (Wildman–Crippen LogP) is 2.90. The van der Waals surface area contributed by atoms with Gasteiger partial charge in [0.25, 0.3) is 0 Å². The summed E-state index contributed by atoms with van der Waals surface area (Å²) >= 11 is 0. The fraction of sp³-hybridized carbons (Fsp3) is 0.143. The first-order chi connectivity index (χ1) is 11.4. The van der Waals surface area contributed by atoms with Crippen molar-refractivity contribution in [3.63, 3.8) is 0 Å². The third-order valence-electron chi connectivity index (χ3n) is 3.31. The van der Waals surface area contributed by atoms with E-state index in [0.29, 0.717) is 28.0 Å². The number of fused-ring (bicyclic) bond motifs is 2. The van der Waals surface area contributed by atoms with Crippen molar-refractivity contribution < 1.29 is 17.9 Å². The van der Waals surface area contributed by atoms with Gasteiger partial charge in [-0.2, -0.15) is 4.98 Å². The number of imidazole rings is 2. The summed E-state index contributed by atoms with van der Waals surface area (Å²) in [6, 6.07) is 3.87. The van der Waals surface area contributed by atoms with Gasteiger partial charge >= 0.3 is 6.36 Å². The Labute approximate surface area is 132 Å². The number of benzene rings is 1. The second kappa shape index (κ2) is 4.91. The Kier molecular flexibility index (Phi) is 2.95. The topological polar surface area (TPSA) is 81.5 Å². The maximum Gasteiger partial charge on any atom is 0.573 e.